The van der Waals surface area contributed by atoms with Gasteiger partial charge in [-0.3, -0.25) is 0 Å². The van der Waals surface area contributed by atoms with Gasteiger partial charge in [-0.1, -0.05) is 31.4 Å². The van der Waals surface area contributed by atoms with E-state index in [2.05, 4.69) is 18.9 Å². The van der Waals surface area contributed by atoms with Gasteiger partial charge in [0.2, 0.25) is 0 Å². The van der Waals surface area contributed by atoms with Gasteiger partial charge in [-0.15, -0.1) is 5.73 Å². The Balaban J connectivity index is 3.47. The van der Waals surface area contributed by atoms with E-state index in [9.17, 15) is 0 Å². The van der Waals surface area contributed by atoms with Crippen molar-refractivity contribution in [2.45, 2.75) is 0 Å². The minimum Gasteiger partial charge on any atom is -0.129 e. The Hall–Kier alpha value is -1.00. The molecule has 0 atom stereocenters. The van der Waals surface area contributed by atoms with Crippen LogP contribution in [0.2, 0.25) is 0 Å². The molecule has 0 radical (unpaired) electrons. The smallest absolute Gasteiger partial charge is 0.0206 e. The number of allylic oxidation sites excluding steroid dienone is 4. The second-order valence-corrected chi connectivity index (χ2v) is 0.991. The first-order chi connectivity index (χ1) is 3.41. The standard InChI is InChI=1S/C7H8/c1-3-5-7-6-4-2/h3,5-7H,1-2H2/b7-5+. The molecule has 0 bridgehead atoms. The number of hydrogen-bond acceptors (Lipinski definition) is 0. The molecule has 0 aromatic rings. The maximum atomic E-state index is 3.48. The van der Waals surface area contributed by atoms with Crippen LogP contribution in [0.15, 0.2) is 43.2 Å². The Morgan fingerprint density at radius 1 is 1.29 bits per heavy atom. The Morgan fingerprint density at radius 2 is 2.00 bits per heavy atom. The van der Waals surface area contributed by atoms with Crippen molar-refractivity contribution in [3.8, 4) is 0 Å². The predicted molar refractivity (Wildman–Crippen MR) is 33.0 cm³/mol. The predicted octanol–water partition coefficient (Wildman–Crippen LogP) is 2.07. The molecular weight excluding hydrogens is 84.1 g/mol. The molecule has 0 unspecified atom stereocenters. The van der Waals surface area contributed by atoms with Crippen molar-refractivity contribution in [3.63, 3.8) is 0 Å². The van der Waals surface area contributed by atoms with Gasteiger partial charge < -0.3 is 0 Å². The highest BCUT2D eigenvalue weighted by atomic mass is 13.6. The van der Waals surface area contributed by atoms with E-state index in [1.807, 2.05) is 12.2 Å². The molecule has 0 aromatic heterocycles. The molecule has 0 saturated carbocycles. The van der Waals surface area contributed by atoms with Crippen LogP contribution in [0.3, 0.4) is 0 Å². The zero-order chi connectivity index (χ0) is 5.54. The third-order valence-electron chi connectivity index (χ3n) is 0.461. The Kier molecular flexibility index (Phi) is 4.29. The van der Waals surface area contributed by atoms with Gasteiger partial charge in [0, 0.05) is 0 Å². The summed E-state index contributed by atoms with van der Waals surface area (Å²) in [5, 5.41) is 0. The Morgan fingerprint density at radius 3 is 2.43 bits per heavy atom. The van der Waals surface area contributed by atoms with Gasteiger partial charge in [-0.2, -0.15) is 0 Å². The molecule has 7 heavy (non-hydrogen) atoms. The lowest BCUT2D eigenvalue weighted by Crippen LogP contribution is -1.40. The van der Waals surface area contributed by atoms with Crippen LogP contribution in [0, 0.1) is 0 Å². The van der Waals surface area contributed by atoms with Crippen LogP contribution in [0.1, 0.15) is 0 Å². The lowest BCUT2D eigenvalue weighted by molar-refractivity contribution is 1.96. The second-order valence-electron chi connectivity index (χ2n) is 0.991. The van der Waals surface area contributed by atoms with E-state index < -0.39 is 0 Å². The van der Waals surface area contributed by atoms with E-state index in [4.69, 9.17) is 0 Å². The van der Waals surface area contributed by atoms with E-state index in [1.165, 1.54) is 0 Å². The minimum absolute atomic E-state index is 1.70. The van der Waals surface area contributed by atoms with Gasteiger partial charge in [0.1, 0.15) is 0 Å². The topological polar surface area (TPSA) is 0 Å². The van der Waals surface area contributed by atoms with E-state index in [0.29, 0.717) is 0 Å². The first kappa shape index (κ1) is 6.00. The van der Waals surface area contributed by atoms with Crippen LogP contribution in [0.5, 0.6) is 0 Å². The molecule has 0 fully saturated rings. The van der Waals surface area contributed by atoms with Crippen molar-refractivity contribution >= 4 is 0 Å². The SMILES string of the molecule is C=C=C/C=C/C=C. The molecule has 0 aliphatic carbocycles. The summed E-state index contributed by atoms with van der Waals surface area (Å²) in [6, 6.07) is 0. The van der Waals surface area contributed by atoms with Gasteiger partial charge in [0.25, 0.3) is 0 Å². The summed E-state index contributed by atoms with van der Waals surface area (Å²) in [4.78, 5) is 0. The lowest BCUT2D eigenvalue weighted by atomic mass is 10.5. The highest BCUT2D eigenvalue weighted by molar-refractivity contribution is 5.07. The van der Waals surface area contributed by atoms with Crippen molar-refractivity contribution in [1.29, 1.82) is 0 Å². The van der Waals surface area contributed by atoms with Crippen LogP contribution in [-0.4, -0.2) is 0 Å². The molecule has 0 spiro atoms. The number of rotatable bonds is 2. The van der Waals surface area contributed by atoms with E-state index in [-0.39, 0.29) is 0 Å². The van der Waals surface area contributed by atoms with Crippen molar-refractivity contribution in [2.24, 2.45) is 0 Å². The normalized spacial score (nSPS) is 8.00. The van der Waals surface area contributed by atoms with Gasteiger partial charge in [-0.05, 0) is 6.08 Å². The zero-order valence-corrected chi connectivity index (χ0v) is 4.22. The van der Waals surface area contributed by atoms with E-state index >= 15 is 0 Å². The highest BCUT2D eigenvalue weighted by Gasteiger charge is 1.50. The van der Waals surface area contributed by atoms with Gasteiger partial charge in [0.05, 0.1) is 0 Å². The molecule has 0 aromatic carbocycles. The molecule has 0 rings (SSSR count). The molecule has 0 aliphatic heterocycles. The molecule has 36 valence electrons. The van der Waals surface area contributed by atoms with Crippen LogP contribution >= 0.6 is 0 Å². The highest BCUT2D eigenvalue weighted by Crippen LogP contribution is 1.71. The number of hydrogen-bond donors (Lipinski definition) is 0. The summed E-state index contributed by atoms with van der Waals surface area (Å²) in [6.45, 7) is 6.84. The van der Waals surface area contributed by atoms with E-state index in [0.717, 1.165) is 0 Å². The monoisotopic (exact) mass is 92.1 g/mol. The van der Waals surface area contributed by atoms with Crippen LogP contribution in [0.25, 0.3) is 0 Å². The van der Waals surface area contributed by atoms with Crippen LogP contribution < -0.4 is 0 Å². The molecule has 0 nitrogen and oxygen atoms in total. The molecule has 0 heteroatoms. The van der Waals surface area contributed by atoms with Gasteiger partial charge in [0.15, 0.2) is 0 Å². The second kappa shape index (κ2) is 5.00. The van der Waals surface area contributed by atoms with Gasteiger partial charge in [-0.25, -0.2) is 0 Å². The summed E-state index contributed by atoms with van der Waals surface area (Å²) < 4.78 is 0. The average Bonchev–Trinajstić information content (AvgIpc) is 1.69. The summed E-state index contributed by atoms with van der Waals surface area (Å²) in [6.07, 6.45) is 7.06. The fourth-order valence-electron chi connectivity index (χ4n) is 0.202. The van der Waals surface area contributed by atoms with Gasteiger partial charge >= 0.3 is 0 Å². The third kappa shape index (κ3) is 5.00. The quantitative estimate of drug-likeness (QED) is 0.361. The fourth-order valence-corrected chi connectivity index (χ4v) is 0.202. The molecular formula is C7H8. The molecule has 0 saturated heterocycles. The molecule has 0 N–H and O–H groups in total. The van der Waals surface area contributed by atoms with Crippen molar-refractivity contribution < 1.29 is 0 Å². The van der Waals surface area contributed by atoms with Crippen LogP contribution in [-0.2, 0) is 0 Å². The van der Waals surface area contributed by atoms with E-state index in [1.54, 1.807) is 12.2 Å². The molecule has 0 aliphatic rings. The van der Waals surface area contributed by atoms with Crippen molar-refractivity contribution in [3.05, 3.63) is 43.2 Å². The lowest BCUT2D eigenvalue weighted by Gasteiger charge is -1.61. The first-order valence-electron chi connectivity index (χ1n) is 2.05. The molecule has 0 amide bonds. The van der Waals surface area contributed by atoms with Crippen molar-refractivity contribution in [2.75, 3.05) is 0 Å². The Labute approximate surface area is 44.2 Å². The Bertz CT molecular complexity index is 112. The summed E-state index contributed by atoms with van der Waals surface area (Å²) in [5.74, 6) is 0. The summed E-state index contributed by atoms with van der Waals surface area (Å²) >= 11 is 0. The molecule has 0 heterocycles. The van der Waals surface area contributed by atoms with Crippen LogP contribution in [0.4, 0.5) is 0 Å². The minimum atomic E-state index is 1.70. The third-order valence-corrected chi connectivity index (χ3v) is 0.461. The maximum Gasteiger partial charge on any atom is -0.0206 e. The van der Waals surface area contributed by atoms with Crippen molar-refractivity contribution in [1.82, 2.24) is 0 Å². The zero-order valence-electron chi connectivity index (χ0n) is 4.22. The average molecular weight is 92.1 g/mol. The largest absolute Gasteiger partial charge is 0.129 e. The fraction of sp³-hybridized carbons (Fsp3) is 0. The first-order valence-corrected chi connectivity index (χ1v) is 2.05. The summed E-state index contributed by atoms with van der Waals surface area (Å²) in [7, 11) is 0. The summed E-state index contributed by atoms with van der Waals surface area (Å²) in [5.41, 5.74) is 2.59. The maximum absolute atomic E-state index is 3.48.